The molecular weight excluding hydrogens is 210 g/mol. The van der Waals surface area contributed by atoms with Gasteiger partial charge in [-0.15, -0.1) is 11.3 Å². The molecule has 0 unspecified atom stereocenters. The van der Waals surface area contributed by atoms with Gasteiger partial charge in [0.1, 0.15) is 16.1 Å². The molecule has 1 nitrogen and oxygen atoms in total. The minimum Gasteiger partial charge on any atom is -0.256 e. The van der Waals surface area contributed by atoms with Crippen LogP contribution in [-0.2, 0) is 0 Å². The molecule has 4 heteroatoms. The van der Waals surface area contributed by atoms with Crippen LogP contribution in [0.25, 0.3) is 0 Å². The average Bonchev–Trinajstić information content (AvgIpc) is 2.28. The number of nitrogens with zero attached hydrogens (tertiary/aromatic N) is 1. The third-order valence-corrected chi connectivity index (χ3v) is 8.16. The molecule has 0 fully saturated rings. The summed E-state index contributed by atoms with van der Waals surface area (Å²) in [6, 6.07) is 0. The van der Waals surface area contributed by atoms with E-state index >= 15 is 0 Å². The standard InChI is InChI=1S/C9H19NSSi2/c1-12(2,3)8-7-11-9(10-8)13(4,5)6/h7H,1-6H3. The van der Waals surface area contributed by atoms with Crippen LogP contribution in [0.4, 0.5) is 0 Å². The summed E-state index contributed by atoms with van der Waals surface area (Å²) < 4.78 is 1.41. The van der Waals surface area contributed by atoms with Gasteiger partial charge >= 0.3 is 0 Å². The van der Waals surface area contributed by atoms with E-state index in [-0.39, 0.29) is 0 Å². The van der Waals surface area contributed by atoms with Crippen LogP contribution in [0.3, 0.4) is 0 Å². The van der Waals surface area contributed by atoms with Crippen LogP contribution < -0.4 is 9.95 Å². The first kappa shape index (κ1) is 11.1. The fourth-order valence-electron chi connectivity index (χ4n) is 0.963. The van der Waals surface area contributed by atoms with Crippen molar-refractivity contribution >= 4 is 37.4 Å². The van der Waals surface area contributed by atoms with E-state index in [1.807, 2.05) is 11.3 Å². The fraction of sp³-hybridized carbons (Fsp3) is 0.667. The molecule has 1 heterocycles. The zero-order chi connectivity index (χ0) is 10.3. The molecule has 0 atom stereocenters. The number of aromatic nitrogens is 1. The van der Waals surface area contributed by atoms with Crippen molar-refractivity contribution in [2.75, 3.05) is 0 Å². The van der Waals surface area contributed by atoms with Crippen LogP contribution in [0.15, 0.2) is 5.38 Å². The quantitative estimate of drug-likeness (QED) is 0.709. The highest BCUT2D eigenvalue weighted by Gasteiger charge is 2.25. The van der Waals surface area contributed by atoms with Gasteiger partial charge in [-0.25, -0.2) is 0 Å². The molecule has 0 bridgehead atoms. The predicted molar refractivity (Wildman–Crippen MR) is 68.1 cm³/mol. The summed E-state index contributed by atoms with van der Waals surface area (Å²) in [7, 11) is -2.33. The molecule has 0 radical (unpaired) electrons. The van der Waals surface area contributed by atoms with E-state index in [1.165, 1.54) is 9.95 Å². The first-order valence-electron chi connectivity index (χ1n) is 4.68. The van der Waals surface area contributed by atoms with Gasteiger partial charge in [0.15, 0.2) is 0 Å². The minimum atomic E-state index is -1.17. The second-order valence-corrected chi connectivity index (χ2v) is 16.7. The Morgan fingerprint density at radius 1 is 1.00 bits per heavy atom. The second-order valence-electron chi connectivity index (χ2n) is 5.54. The number of hydrogen-bond donors (Lipinski definition) is 0. The summed E-state index contributed by atoms with van der Waals surface area (Å²) in [5, 5.41) is 3.66. The number of thiazole rings is 1. The lowest BCUT2D eigenvalue weighted by Gasteiger charge is -2.14. The Hall–Kier alpha value is 0.0638. The van der Waals surface area contributed by atoms with Gasteiger partial charge in [0.2, 0.25) is 0 Å². The molecular formula is C9H19NSSi2. The van der Waals surface area contributed by atoms with Crippen molar-refractivity contribution in [3.8, 4) is 0 Å². The predicted octanol–water partition coefficient (Wildman–Crippen LogP) is 2.23. The Morgan fingerprint density at radius 2 is 1.54 bits per heavy atom. The summed E-state index contributed by atoms with van der Waals surface area (Å²) in [5.41, 5.74) is 0. The third-order valence-electron chi connectivity index (χ3n) is 1.91. The number of rotatable bonds is 2. The highest BCUT2D eigenvalue weighted by molar-refractivity contribution is 7.25. The summed E-state index contributed by atoms with van der Waals surface area (Å²) >= 11 is 1.87. The van der Waals surface area contributed by atoms with Gasteiger partial charge in [0, 0.05) is 10.7 Å². The van der Waals surface area contributed by atoms with Crippen molar-refractivity contribution in [2.24, 2.45) is 0 Å². The third kappa shape index (κ3) is 2.75. The smallest absolute Gasteiger partial charge is 0.114 e. The lowest BCUT2D eigenvalue weighted by atomic mass is 11.0. The van der Waals surface area contributed by atoms with Crippen LogP contribution in [0.5, 0.6) is 0 Å². The molecule has 0 spiro atoms. The SMILES string of the molecule is C[Si](C)(C)c1csc([Si](C)(C)C)n1. The van der Waals surface area contributed by atoms with Gasteiger partial charge in [-0.05, 0) is 0 Å². The van der Waals surface area contributed by atoms with E-state index in [9.17, 15) is 0 Å². The van der Waals surface area contributed by atoms with Crippen molar-refractivity contribution in [1.29, 1.82) is 0 Å². The van der Waals surface area contributed by atoms with Gasteiger partial charge in [-0.2, -0.15) is 0 Å². The molecule has 1 aromatic heterocycles. The Kier molecular flexibility index (Phi) is 2.85. The maximum atomic E-state index is 4.79. The van der Waals surface area contributed by atoms with Crippen LogP contribution in [0, 0.1) is 0 Å². The Bertz CT molecular complexity index is 265. The van der Waals surface area contributed by atoms with E-state index in [4.69, 9.17) is 4.98 Å². The van der Waals surface area contributed by atoms with Crippen LogP contribution >= 0.6 is 11.3 Å². The van der Waals surface area contributed by atoms with E-state index < -0.39 is 16.1 Å². The van der Waals surface area contributed by atoms with Gasteiger partial charge in [0.05, 0.1) is 4.63 Å². The minimum absolute atomic E-state index is 1.16. The molecule has 0 aliphatic heterocycles. The molecule has 0 saturated heterocycles. The summed E-state index contributed by atoms with van der Waals surface area (Å²) in [6.45, 7) is 14.2. The van der Waals surface area contributed by atoms with E-state index in [0.29, 0.717) is 0 Å². The van der Waals surface area contributed by atoms with Crippen molar-refractivity contribution in [1.82, 2.24) is 4.98 Å². The first-order valence-corrected chi connectivity index (χ1v) is 12.6. The number of hydrogen-bond acceptors (Lipinski definition) is 2. The summed E-state index contributed by atoms with van der Waals surface area (Å²) in [5.74, 6) is 0. The zero-order valence-electron chi connectivity index (χ0n) is 9.43. The van der Waals surface area contributed by atoms with Gasteiger partial charge in [-0.3, -0.25) is 4.98 Å². The van der Waals surface area contributed by atoms with E-state index in [1.54, 1.807) is 0 Å². The molecule has 74 valence electrons. The van der Waals surface area contributed by atoms with Crippen LogP contribution in [-0.4, -0.2) is 21.1 Å². The first-order chi connectivity index (χ1) is 5.71. The summed E-state index contributed by atoms with van der Waals surface area (Å²) in [6.07, 6.45) is 0. The van der Waals surface area contributed by atoms with Gasteiger partial charge in [-0.1, -0.05) is 39.3 Å². The molecule has 1 aromatic rings. The zero-order valence-corrected chi connectivity index (χ0v) is 12.2. The lowest BCUT2D eigenvalue weighted by Crippen LogP contribution is -2.44. The highest BCUT2D eigenvalue weighted by atomic mass is 32.1. The lowest BCUT2D eigenvalue weighted by molar-refractivity contribution is 1.47. The molecule has 0 saturated carbocycles. The molecule has 0 aliphatic carbocycles. The van der Waals surface area contributed by atoms with Crippen molar-refractivity contribution < 1.29 is 0 Å². The monoisotopic (exact) mass is 229 g/mol. The van der Waals surface area contributed by atoms with Crippen molar-refractivity contribution in [3.05, 3.63) is 5.38 Å². The van der Waals surface area contributed by atoms with Crippen LogP contribution in [0.1, 0.15) is 0 Å². The van der Waals surface area contributed by atoms with E-state index in [2.05, 4.69) is 44.7 Å². The molecule has 0 amide bonds. The summed E-state index contributed by atoms with van der Waals surface area (Å²) in [4.78, 5) is 4.79. The topological polar surface area (TPSA) is 12.9 Å². The van der Waals surface area contributed by atoms with Crippen molar-refractivity contribution in [2.45, 2.75) is 39.3 Å². The van der Waals surface area contributed by atoms with Crippen LogP contribution in [0.2, 0.25) is 39.3 Å². The van der Waals surface area contributed by atoms with Gasteiger partial charge < -0.3 is 0 Å². The maximum Gasteiger partial charge on any atom is 0.114 e. The molecule has 1 rings (SSSR count). The Balaban J connectivity index is 3.01. The second kappa shape index (κ2) is 3.33. The van der Waals surface area contributed by atoms with Crippen molar-refractivity contribution in [3.63, 3.8) is 0 Å². The normalized spacial score (nSPS) is 13.4. The van der Waals surface area contributed by atoms with E-state index in [0.717, 1.165) is 0 Å². The maximum absolute atomic E-state index is 4.79. The molecule has 0 N–H and O–H groups in total. The molecule has 13 heavy (non-hydrogen) atoms. The molecule has 0 aromatic carbocycles. The Morgan fingerprint density at radius 3 is 1.77 bits per heavy atom. The average molecular weight is 229 g/mol. The Labute approximate surface area is 87.2 Å². The molecule has 0 aliphatic rings. The fourth-order valence-corrected chi connectivity index (χ4v) is 5.67. The largest absolute Gasteiger partial charge is 0.256 e. The highest BCUT2D eigenvalue weighted by Crippen LogP contribution is 2.07. The van der Waals surface area contributed by atoms with Gasteiger partial charge in [0.25, 0.3) is 0 Å².